The van der Waals surface area contributed by atoms with Crippen LogP contribution in [0, 0.1) is 0 Å². The Morgan fingerprint density at radius 3 is 2.21 bits per heavy atom. The van der Waals surface area contributed by atoms with Crippen LogP contribution in [-0.2, 0) is 29.4 Å². The predicted octanol–water partition coefficient (Wildman–Crippen LogP) is 7.60. The molecule has 0 aliphatic carbocycles. The van der Waals surface area contributed by atoms with Gasteiger partial charge in [0.25, 0.3) is 10.1 Å². The average Bonchev–Trinajstić information content (AvgIpc) is 2.78. The van der Waals surface area contributed by atoms with Crippen LogP contribution in [-0.4, -0.2) is 25.3 Å². The lowest BCUT2D eigenvalue weighted by Gasteiger charge is -2.36. The summed E-state index contributed by atoms with van der Waals surface area (Å²) in [6.45, 7) is 7.25. The van der Waals surface area contributed by atoms with Crippen LogP contribution in [0.25, 0.3) is 0 Å². The molecule has 0 amide bonds. The lowest BCUT2D eigenvalue weighted by molar-refractivity contribution is 0.481. The van der Waals surface area contributed by atoms with E-state index in [-0.39, 0.29) is 5.75 Å². The second kappa shape index (κ2) is 12.3. The first-order valence-electron chi connectivity index (χ1n) is 12.6. The van der Waals surface area contributed by atoms with Crippen molar-refractivity contribution in [2.45, 2.75) is 94.8 Å². The van der Waals surface area contributed by atoms with Crippen LogP contribution in [0.3, 0.4) is 0 Å². The first-order chi connectivity index (χ1) is 15.9. The van der Waals surface area contributed by atoms with E-state index in [1.54, 1.807) is 0 Å². The van der Waals surface area contributed by atoms with Crippen LogP contribution in [0.4, 0.5) is 11.4 Å². The first kappa shape index (κ1) is 26.1. The number of aryl methyl sites for hydroxylation is 3. The van der Waals surface area contributed by atoms with Crippen LogP contribution in [0.5, 0.6) is 0 Å². The van der Waals surface area contributed by atoms with Gasteiger partial charge in [0.2, 0.25) is 0 Å². The summed E-state index contributed by atoms with van der Waals surface area (Å²) in [5, 5.41) is 0. The van der Waals surface area contributed by atoms with Crippen molar-refractivity contribution in [2.24, 2.45) is 0 Å². The number of hydrogen-bond acceptors (Lipinski definition) is 4. The molecule has 1 aliphatic heterocycles. The summed E-state index contributed by atoms with van der Waals surface area (Å²) in [4.78, 5) is 4.92. The molecule has 1 heterocycles. The van der Waals surface area contributed by atoms with E-state index in [4.69, 9.17) is 0 Å². The Morgan fingerprint density at radius 1 is 0.879 bits per heavy atom. The van der Waals surface area contributed by atoms with Crippen LogP contribution < -0.4 is 4.90 Å². The molecule has 0 saturated heterocycles. The monoisotopic (exact) mass is 489 g/mol. The molecule has 3 rings (SSSR count). The van der Waals surface area contributed by atoms with Crippen molar-refractivity contribution in [3.63, 3.8) is 0 Å². The van der Waals surface area contributed by atoms with Crippen LogP contribution >= 0.6 is 11.8 Å². The van der Waals surface area contributed by atoms with Crippen molar-refractivity contribution in [3.05, 3.63) is 47.0 Å². The van der Waals surface area contributed by atoms with E-state index in [9.17, 15) is 13.0 Å². The number of para-hydroxylation sites is 1. The van der Waals surface area contributed by atoms with Gasteiger partial charge < -0.3 is 4.90 Å². The fourth-order valence-electron chi connectivity index (χ4n) is 4.53. The maximum absolute atomic E-state index is 11.4. The predicted molar refractivity (Wildman–Crippen MR) is 141 cm³/mol. The van der Waals surface area contributed by atoms with Gasteiger partial charge in [-0.2, -0.15) is 8.42 Å². The number of benzene rings is 2. The fourth-order valence-corrected chi connectivity index (χ4v) is 6.29. The van der Waals surface area contributed by atoms with Gasteiger partial charge in [-0.1, -0.05) is 70.0 Å². The van der Waals surface area contributed by atoms with E-state index in [1.165, 1.54) is 44.3 Å². The number of unbranched alkanes of at least 4 members (excludes halogenated alkanes) is 3. The minimum absolute atomic E-state index is 0.212. The van der Waals surface area contributed by atoms with Crippen LogP contribution in [0.1, 0.15) is 82.4 Å². The van der Waals surface area contributed by atoms with Crippen molar-refractivity contribution in [2.75, 3.05) is 17.2 Å². The summed E-state index contributed by atoms with van der Waals surface area (Å²) in [6.07, 6.45) is 10.5. The Hall–Kier alpha value is -1.50. The number of anilines is 2. The largest absolute Gasteiger partial charge is 0.339 e. The molecule has 0 bridgehead atoms. The third-order valence-electron chi connectivity index (χ3n) is 6.26. The summed E-state index contributed by atoms with van der Waals surface area (Å²) in [5.74, 6) is -0.212. The van der Waals surface area contributed by atoms with Crippen molar-refractivity contribution in [1.82, 2.24) is 0 Å². The van der Waals surface area contributed by atoms with Crippen molar-refractivity contribution in [3.8, 4) is 0 Å². The van der Waals surface area contributed by atoms with E-state index in [0.717, 1.165) is 51.4 Å². The van der Waals surface area contributed by atoms with Crippen molar-refractivity contribution >= 4 is 33.3 Å². The summed E-state index contributed by atoms with van der Waals surface area (Å²) in [5.41, 5.74) is 6.55. The minimum Gasteiger partial charge on any atom is -0.339 e. The molecule has 1 aliphatic rings. The molecule has 2 aromatic rings. The quantitative estimate of drug-likeness (QED) is 0.294. The molecular weight excluding hydrogens is 450 g/mol. The zero-order chi connectivity index (χ0) is 23.8. The van der Waals surface area contributed by atoms with Crippen molar-refractivity contribution in [1.29, 1.82) is 0 Å². The molecule has 0 fully saturated rings. The smallest absolute Gasteiger partial charge is 0.264 e. The van der Waals surface area contributed by atoms with Gasteiger partial charge in [0.15, 0.2) is 0 Å². The number of rotatable bonds is 13. The molecule has 0 atom stereocenters. The first-order valence-corrected chi connectivity index (χ1v) is 15.0. The normalized spacial score (nSPS) is 13.2. The standard InChI is InChI=1S/C27H39NO3S2/c1-4-7-12-21-19-23(14-9-6-3)27-24(20-21)28(17-11-18-33(29,30)31)26-22(13-8-5-2)15-10-16-25(26)32-27/h10,15-16,19-20H,4-9,11-14,17-18H2,1-3H3,(H,29,30,31). The second-order valence-electron chi connectivity index (χ2n) is 9.07. The number of hydrogen-bond donors (Lipinski definition) is 1. The van der Waals surface area contributed by atoms with Crippen LogP contribution in [0.2, 0.25) is 0 Å². The Labute approximate surface area is 204 Å². The van der Waals surface area contributed by atoms with Gasteiger partial charge in [-0.05, 0) is 73.8 Å². The zero-order valence-corrected chi connectivity index (χ0v) is 22.0. The van der Waals surface area contributed by atoms with E-state index in [0.29, 0.717) is 13.0 Å². The van der Waals surface area contributed by atoms with Crippen LogP contribution in [0.15, 0.2) is 40.1 Å². The zero-order valence-electron chi connectivity index (χ0n) is 20.4. The Kier molecular flexibility index (Phi) is 9.71. The maximum Gasteiger partial charge on any atom is 0.264 e. The van der Waals surface area contributed by atoms with Gasteiger partial charge in [0.1, 0.15) is 0 Å². The number of fused-ring (bicyclic) bond motifs is 2. The summed E-state index contributed by atoms with van der Waals surface area (Å²) in [7, 11) is -3.98. The summed E-state index contributed by atoms with van der Waals surface area (Å²) in [6, 6.07) is 11.3. The molecule has 0 aromatic heterocycles. The topological polar surface area (TPSA) is 57.6 Å². The Balaban J connectivity index is 2.09. The Bertz CT molecular complexity index is 1030. The summed E-state index contributed by atoms with van der Waals surface area (Å²) < 4.78 is 32.2. The Morgan fingerprint density at radius 2 is 1.55 bits per heavy atom. The molecule has 182 valence electrons. The molecule has 0 radical (unpaired) electrons. The lowest BCUT2D eigenvalue weighted by Crippen LogP contribution is -2.26. The molecular formula is C27H39NO3S2. The molecule has 0 unspecified atom stereocenters. The minimum atomic E-state index is -3.98. The van der Waals surface area contributed by atoms with Gasteiger partial charge in [-0.25, -0.2) is 0 Å². The van der Waals surface area contributed by atoms with Gasteiger partial charge in [0, 0.05) is 16.3 Å². The highest BCUT2D eigenvalue weighted by Gasteiger charge is 2.28. The molecule has 6 heteroatoms. The third-order valence-corrected chi connectivity index (χ3v) is 8.29. The van der Waals surface area contributed by atoms with Gasteiger partial charge in [-0.15, -0.1) is 0 Å². The van der Waals surface area contributed by atoms with E-state index < -0.39 is 10.1 Å². The van der Waals surface area contributed by atoms with E-state index >= 15 is 0 Å². The van der Waals surface area contributed by atoms with Crippen molar-refractivity contribution < 1.29 is 13.0 Å². The SMILES string of the molecule is CCCCc1cc(CCCC)c2c(c1)N(CCCS(=O)(=O)O)c1c(CCCC)cccc1S2. The molecule has 1 N–H and O–H groups in total. The molecule has 0 spiro atoms. The highest BCUT2D eigenvalue weighted by molar-refractivity contribution is 7.99. The molecule has 2 aromatic carbocycles. The second-order valence-corrected chi connectivity index (χ2v) is 11.7. The van der Waals surface area contributed by atoms with Gasteiger partial charge in [-0.3, -0.25) is 4.55 Å². The highest BCUT2D eigenvalue weighted by Crippen LogP contribution is 2.52. The molecule has 33 heavy (non-hydrogen) atoms. The van der Waals surface area contributed by atoms with Gasteiger partial charge >= 0.3 is 0 Å². The fraction of sp³-hybridized carbons (Fsp3) is 0.556. The molecule has 0 saturated carbocycles. The van der Waals surface area contributed by atoms with E-state index in [1.807, 2.05) is 11.8 Å². The third kappa shape index (κ3) is 7.00. The average molecular weight is 490 g/mol. The van der Waals surface area contributed by atoms with E-state index in [2.05, 4.69) is 56.0 Å². The number of nitrogens with zero attached hydrogens (tertiary/aromatic N) is 1. The lowest BCUT2D eigenvalue weighted by atomic mass is 9.98. The van der Waals surface area contributed by atoms with Gasteiger partial charge in [0.05, 0.1) is 17.1 Å². The maximum atomic E-state index is 11.4. The highest BCUT2D eigenvalue weighted by atomic mass is 32.2. The molecule has 4 nitrogen and oxygen atoms in total. The summed E-state index contributed by atoms with van der Waals surface area (Å²) >= 11 is 1.87.